The van der Waals surface area contributed by atoms with Crippen LogP contribution in [0, 0.1) is 13.8 Å². The Morgan fingerprint density at radius 2 is 2.00 bits per heavy atom. The minimum atomic E-state index is -0.117. The highest BCUT2D eigenvalue weighted by atomic mass is 35.5. The number of imidazole rings is 1. The molecule has 4 rings (SSSR count). The molecule has 132 valence electrons. The average molecular weight is 405 g/mol. The molecule has 0 aliphatic heterocycles. The van der Waals surface area contributed by atoms with Gasteiger partial charge in [0.15, 0.2) is 4.96 Å². The maximum Gasteiger partial charge on any atom is 0.274 e. The quantitative estimate of drug-likeness (QED) is 0.497. The van der Waals surface area contributed by atoms with Gasteiger partial charge < -0.3 is 4.74 Å². The molecule has 2 aromatic heterocycles. The third-order valence-corrected chi connectivity index (χ3v) is 5.93. The van der Waals surface area contributed by atoms with E-state index in [-0.39, 0.29) is 5.56 Å². The highest BCUT2D eigenvalue weighted by Crippen LogP contribution is 2.32. The lowest BCUT2D eigenvalue weighted by Crippen LogP contribution is -2.22. The maximum absolute atomic E-state index is 13.0. The van der Waals surface area contributed by atoms with Gasteiger partial charge >= 0.3 is 0 Å². The minimum Gasteiger partial charge on any atom is -0.495 e. The fourth-order valence-corrected chi connectivity index (χ4v) is 4.57. The molecule has 0 N–H and O–H groups in total. The summed E-state index contributed by atoms with van der Waals surface area (Å²) in [4.78, 5) is 18.3. The molecule has 0 radical (unpaired) electrons. The minimum absolute atomic E-state index is 0.117. The fraction of sp³-hybridized carbons (Fsp3) is 0.158. The van der Waals surface area contributed by atoms with E-state index in [1.54, 1.807) is 22.6 Å². The van der Waals surface area contributed by atoms with E-state index in [4.69, 9.17) is 27.9 Å². The number of hydrogen-bond acceptors (Lipinski definition) is 4. The summed E-state index contributed by atoms with van der Waals surface area (Å²) in [6.45, 7) is 4.06. The Morgan fingerprint density at radius 3 is 2.73 bits per heavy atom. The lowest BCUT2D eigenvalue weighted by Gasteiger charge is -2.07. The Kier molecular flexibility index (Phi) is 4.18. The average Bonchev–Trinajstić information content (AvgIpc) is 3.09. The molecule has 7 heteroatoms. The second-order valence-electron chi connectivity index (χ2n) is 6.03. The summed E-state index contributed by atoms with van der Waals surface area (Å²) in [5, 5.41) is 0.879. The number of aromatic nitrogens is 2. The van der Waals surface area contributed by atoms with Crippen molar-refractivity contribution in [2.45, 2.75) is 13.8 Å². The Bertz CT molecular complexity index is 1290. The zero-order valence-corrected chi connectivity index (χ0v) is 16.6. The zero-order valence-electron chi connectivity index (χ0n) is 14.3. The number of aryl methyl sites for hydroxylation is 2. The second-order valence-corrected chi connectivity index (χ2v) is 7.88. The molecule has 2 heterocycles. The van der Waals surface area contributed by atoms with Gasteiger partial charge in [0.1, 0.15) is 5.75 Å². The first-order valence-corrected chi connectivity index (χ1v) is 9.44. The van der Waals surface area contributed by atoms with Crippen LogP contribution in [-0.2, 0) is 0 Å². The van der Waals surface area contributed by atoms with E-state index < -0.39 is 0 Å². The van der Waals surface area contributed by atoms with Gasteiger partial charge in [-0.2, -0.15) is 0 Å². The predicted octanol–water partition coefficient (Wildman–Crippen LogP) is 4.39. The number of methoxy groups -OCH3 is 1. The lowest BCUT2D eigenvalue weighted by atomic mass is 10.1. The van der Waals surface area contributed by atoms with Crippen LogP contribution < -0.4 is 14.8 Å². The molecule has 0 aliphatic carbocycles. The van der Waals surface area contributed by atoms with Crippen LogP contribution in [0.15, 0.2) is 29.1 Å². The van der Waals surface area contributed by atoms with Crippen molar-refractivity contribution >= 4 is 56.6 Å². The largest absolute Gasteiger partial charge is 0.495 e. The van der Waals surface area contributed by atoms with Gasteiger partial charge in [0, 0.05) is 10.6 Å². The van der Waals surface area contributed by atoms with Crippen molar-refractivity contribution < 1.29 is 4.74 Å². The topological polar surface area (TPSA) is 43.6 Å². The van der Waals surface area contributed by atoms with Crippen LogP contribution in [0.1, 0.15) is 16.7 Å². The number of ether oxygens (including phenoxy) is 1. The molecule has 0 unspecified atom stereocenters. The zero-order chi connectivity index (χ0) is 18.6. The lowest BCUT2D eigenvalue weighted by molar-refractivity contribution is 0.414. The van der Waals surface area contributed by atoms with Gasteiger partial charge in [-0.1, -0.05) is 40.6 Å². The molecule has 2 aromatic carbocycles. The van der Waals surface area contributed by atoms with Gasteiger partial charge in [-0.15, -0.1) is 0 Å². The molecule has 0 spiro atoms. The summed E-state index contributed by atoms with van der Waals surface area (Å²) in [7, 11) is 1.53. The van der Waals surface area contributed by atoms with Gasteiger partial charge in [-0.3, -0.25) is 4.79 Å². The van der Waals surface area contributed by atoms with Crippen molar-refractivity contribution in [1.29, 1.82) is 0 Å². The molecule has 0 saturated heterocycles. The Hall–Kier alpha value is -2.08. The van der Waals surface area contributed by atoms with E-state index in [1.807, 2.05) is 26.0 Å². The maximum atomic E-state index is 13.0. The highest BCUT2D eigenvalue weighted by Gasteiger charge is 2.14. The summed E-state index contributed by atoms with van der Waals surface area (Å²) in [6, 6.07) is 7.27. The van der Waals surface area contributed by atoms with Gasteiger partial charge in [0.2, 0.25) is 0 Å². The Morgan fingerprint density at radius 1 is 1.23 bits per heavy atom. The van der Waals surface area contributed by atoms with Gasteiger partial charge in [-0.25, -0.2) is 9.38 Å². The molecular formula is C19H14Cl2N2O2S. The molecule has 0 atom stereocenters. The molecule has 0 saturated carbocycles. The van der Waals surface area contributed by atoms with Crippen LogP contribution in [-0.4, -0.2) is 16.5 Å². The van der Waals surface area contributed by atoms with Crippen molar-refractivity contribution in [3.8, 4) is 5.75 Å². The fourth-order valence-electron chi connectivity index (χ4n) is 3.01. The number of hydrogen-bond donors (Lipinski definition) is 0. The third-order valence-electron chi connectivity index (χ3n) is 4.46. The molecular weight excluding hydrogens is 391 g/mol. The van der Waals surface area contributed by atoms with E-state index in [2.05, 4.69) is 4.98 Å². The van der Waals surface area contributed by atoms with Crippen LogP contribution in [0.4, 0.5) is 0 Å². The monoisotopic (exact) mass is 404 g/mol. The standard InChI is InChI=1S/C19H14Cl2N2O2S/c1-9-4-5-14-16(10(9)2)22-19-23(14)18(24)15(26-19)7-11-6-12(20)8-13(21)17(11)25-3/h4-8H,1-3H3/b15-7-. The van der Waals surface area contributed by atoms with Crippen LogP contribution >= 0.6 is 34.5 Å². The van der Waals surface area contributed by atoms with Crippen molar-refractivity contribution in [1.82, 2.24) is 9.38 Å². The van der Waals surface area contributed by atoms with Crippen molar-refractivity contribution in [3.63, 3.8) is 0 Å². The molecule has 0 aliphatic rings. The normalized spacial score (nSPS) is 12.4. The number of nitrogens with zero attached hydrogens (tertiary/aromatic N) is 2. The summed E-state index contributed by atoms with van der Waals surface area (Å²) in [5.74, 6) is 0.484. The molecule has 4 aromatic rings. The van der Waals surface area contributed by atoms with E-state index >= 15 is 0 Å². The number of halogens is 2. The van der Waals surface area contributed by atoms with E-state index in [0.29, 0.717) is 30.9 Å². The molecule has 4 nitrogen and oxygen atoms in total. The van der Waals surface area contributed by atoms with Crippen LogP contribution in [0.2, 0.25) is 10.0 Å². The number of benzene rings is 2. The van der Waals surface area contributed by atoms with Crippen molar-refractivity contribution in [2.75, 3.05) is 7.11 Å². The number of thiazole rings is 1. The first kappa shape index (κ1) is 17.3. The van der Waals surface area contributed by atoms with E-state index in [0.717, 1.165) is 22.2 Å². The van der Waals surface area contributed by atoms with E-state index in [9.17, 15) is 4.79 Å². The van der Waals surface area contributed by atoms with Crippen LogP contribution in [0.25, 0.3) is 22.1 Å². The summed E-state index contributed by atoms with van der Waals surface area (Å²) in [6.07, 6.45) is 1.74. The number of rotatable bonds is 2. The van der Waals surface area contributed by atoms with Crippen molar-refractivity contribution in [3.05, 3.63) is 65.9 Å². The third kappa shape index (κ3) is 2.58. The summed E-state index contributed by atoms with van der Waals surface area (Å²) < 4.78 is 7.55. The van der Waals surface area contributed by atoms with Gasteiger partial charge in [0.05, 0.1) is 27.7 Å². The molecule has 0 amide bonds. The first-order chi connectivity index (χ1) is 12.4. The predicted molar refractivity (Wildman–Crippen MR) is 108 cm³/mol. The van der Waals surface area contributed by atoms with Crippen molar-refractivity contribution in [2.24, 2.45) is 0 Å². The second kappa shape index (κ2) is 6.27. The molecule has 0 fully saturated rings. The molecule has 0 bridgehead atoms. The van der Waals surface area contributed by atoms with Crippen LogP contribution in [0.5, 0.6) is 5.75 Å². The summed E-state index contributed by atoms with van der Waals surface area (Å²) >= 11 is 13.6. The van der Waals surface area contributed by atoms with Crippen LogP contribution in [0.3, 0.4) is 0 Å². The molecule has 26 heavy (non-hydrogen) atoms. The smallest absolute Gasteiger partial charge is 0.274 e. The SMILES string of the molecule is COc1c(Cl)cc(Cl)cc1/C=c1\sc2nc3c(C)c(C)ccc3n2c1=O. The van der Waals surface area contributed by atoms with E-state index in [1.165, 1.54) is 18.4 Å². The summed E-state index contributed by atoms with van der Waals surface area (Å²) in [5.41, 5.74) is 4.47. The Labute approximate surface area is 163 Å². The first-order valence-electron chi connectivity index (χ1n) is 7.86. The number of fused-ring (bicyclic) bond motifs is 3. The Balaban J connectivity index is 2.03. The van der Waals surface area contributed by atoms with Gasteiger partial charge in [-0.05, 0) is 49.2 Å². The highest BCUT2D eigenvalue weighted by molar-refractivity contribution is 7.15. The van der Waals surface area contributed by atoms with Gasteiger partial charge in [0.25, 0.3) is 5.56 Å².